The molecule has 0 amide bonds. The van der Waals surface area contributed by atoms with Crippen molar-refractivity contribution in [3.63, 3.8) is 0 Å². The minimum absolute atomic E-state index is 0.325. The summed E-state index contributed by atoms with van der Waals surface area (Å²) >= 11 is 7.48. The monoisotopic (exact) mass is 306 g/mol. The Kier molecular flexibility index (Phi) is 3.46. The Hall–Kier alpha value is -1.85. The third kappa shape index (κ3) is 2.19. The number of aromatic nitrogens is 2. The fourth-order valence-corrected chi connectivity index (χ4v) is 2.92. The van der Waals surface area contributed by atoms with Gasteiger partial charge < -0.3 is 4.74 Å². The highest BCUT2D eigenvalue weighted by Crippen LogP contribution is 2.28. The fourth-order valence-electron chi connectivity index (χ4n) is 2.02. The van der Waals surface area contributed by atoms with E-state index in [9.17, 15) is 4.79 Å². The second-order valence-electron chi connectivity index (χ2n) is 4.10. The van der Waals surface area contributed by atoms with Crippen LogP contribution >= 0.6 is 22.9 Å². The van der Waals surface area contributed by atoms with Gasteiger partial charge in [-0.15, -0.1) is 11.3 Å². The molecule has 0 saturated heterocycles. The van der Waals surface area contributed by atoms with E-state index in [0.717, 1.165) is 10.5 Å². The third-order valence-electron chi connectivity index (χ3n) is 2.83. The summed E-state index contributed by atoms with van der Waals surface area (Å²) in [6, 6.07) is 7.28. The second kappa shape index (κ2) is 5.26. The topological polar surface area (TPSA) is 43.6 Å². The van der Waals surface area contributed by atoms with Crippen LogP contribution in [0.25, 0.3) is 16.2 Å². The van der Waals surface area contributed by atoms with Gasteiger partial charge in [0, 0.05) is 22.2 Å². The number of fused-ring (bicyclic) bond motifs is 1. The number of imidazole rings is 1. The summed E-state index contributed by atoms with van der Waals surface area (Å²) in [6.45, 7) is 2.11. The summed E-state index contributed by atoms with van der Waals surface area (Å²) in [6.07, 6.45) is 1.81. The minimum Gasteiger partial charge on any atom is -0.461 e. The molecule has 2 aromatic heterocycles. The first kappa shape index (κ1) is 13.1. The van der Waals surface area contributed by atoms with E-state index in [4.69, 9.17) is 16.3 Å². The molecule has 1 aromatic carbocycles. The van der Waals surface area contributed by atoms with Crippen molar-refractivity contribution in [2.45, 2.75) is 6.92 Å². The van der Waals surface area contributed by atoms with Crippen molar-refractivity contribution in [3.8, 4) is 11.3 Å². The lowest BCUT2D eigenvalue weighted by Crippen LogP contribution is -2.08. The molecule has 0 aliphatic carbocycles. The predicted molar refractivity (Wildman–Crippen MR) is 79.5 cm³/mol. The zero-order chi connectivity index (χ0) is 14.1. The SMILES string of the molecule is CCOC(=O)c1c(-c2cccc(Cl)c2)nc2sccn12. The maximum atomic E-state index is 12.2. The minimum atomic E-state index is -0.381. The number of rotatable bonds is 3. The molecule has 0 spiro atoms. The number of carbonyl (C=O) groups excluding carboxylic acids is 1. The van der Waals surface area contributed by atoms with Gasteiger partial charge in [-0.05, 0) is 19.1 Å². The molecule has 0 aliphatic rings. The van der Waals surface area contributed by atoms with Crippen molar-refractivity contribution >= 4 is 33.9 Å². The first-order valence-corrected chi connectivity index (χ1v) is 7.35. The smallest absolute Gasteiger partial charge is 0.357 e. The summed E-state index contributed by atoms with van der Waals surface area (Å²) in [5, 5.41) is 2.49. The van der Waals surface area contributed by atoms with E-state index >= 15 is 0 Å². The molecule has 0 fully saturated rings. The Morgan fingerprint density at radius 2 is 2.35 bits per heavy atom. The Morgan fingerprint density at radius 1 is 1.50 bits per heavy atom. The lowest BCUT2D eigenvalue weighted by molar-refractivity contribution is 0.0519. The number of hydrogen-bond acceptors (Lipinski definition) is 4. The highest BCUT2D eigenvalue weighted by molar-refractivity contribution is 7.15. The van der Waals surface area contributed by atoms with Gasteiger partial charge in [0.15, 0.2) is 10.7 Å². The lowest BCUT2D eigenvalue weighted by Gasteiger charge is -2.04. The van der Waals surface area contributed by atoms with Crippen molar-refractivity contribution in [2.24, 2.45) is 0 Å². The molecule has 3 aromatic rings. The van der Waals surface area contributed by atoms with Crippen molar-refractivity contribution in [1.29, 1.82) is 0 Å². The third-order valence-corrected chi connectivity index (χ3v) is 3.82. The summed E-state index contributed by atoms with van der Waals surface area (Å²) < 4.78 is 6.88. The van der Waals surface area contributed by atoms with Crippen LogP contribution in [0, 0.1) is 0 Å². The van der Waals surface area contributed by atoms with Gasteiger partial charge >= 0.3 is 5.97 Å². The van der Waals surface area contributed by atoms with Gasteiger partial charge in [-0.2, -0.15) is 0 Å². The van der Waals surface area contributed by atoms with Gasteiger partial charge in [-0.1, -0.05) is 23.7 Å². The van der Waals surface area contributed by atoms with Crippen LogP contribution in [-0.2, 0) is 4.74 Å². The first-order valence-electron chi connectivity index (χ1n) is 6.09. The largest absolute Gasteiger partial charge is 0.461 e. The van der Waals surface area contributed by atoms with Crippen LogP contribution in [-0.4, -0.2) is 22.0 Å². The Bertz CT molecular complexity index is 778. The molecule has 0 unspecified atom stereocenters. The number of halogens is 1. The molecule has 0 bridgehead atoms. The molecule has 2 heterocycles. The number of hydrogen-bond donors (Lipinski definition) is 0. The van der Waals surface area contributed by atoms with Gasteiger partial charge in [0.1, 0.15) is 5.69 Å². The molecule has 102 valence electrons. The van der Waals surface area contributed by atoms with Crippen molar-refractivity contribution in [1.82, 2.24) is 9.38 Å². The highest BCUT2D eigenvalue weighted by Gasteiger charge is 2.22. The van der Waals surface area contributed by atoms with E-state index < -0.39 is 0 Å². The number of carbonyl (C=O) groups is 1. The Labute approximate surface area is 124 Å². The lowest BCUT2D eigenvalue weighted by atomic mass is 10.1. The molecule has 6 heteroatoms. The molecular formula is C14H11ClN2O2S. The molecule has 0 aliphatic heterocycles. The van der Waals surface area contributed by atoms with E-state index in [-0.39, 0.29) is 5.97 Å². The van der Waals surface area contributed by atoms with E-state index in [1.165, 1.54) is 11.3 Å². The van der Waals surface area contributed by atoms with E-state index in [2.05, 4.69) is 4.98 Å². The molecular weight excluding hydrogens is 296 g/mol. The molecule has 0 N–H and O–H groups in total. The normalized spacial score (nSPS) is 10.9. The Balaban J connectivity index is 2.22. The fraction of sp³-hybridized carbons (Fsp3) is 0.143. The zero-order valence-electron chi connectivity index (χ0n) is 10.7. The molecule has 0 atom stereocenters. The number of thiazole rings is 1. The van der Waals surface area contributed by atoms with Crippen LogP contribution in [0.1, 0.15) is 17.4 Å². The highest BCUT2D eigenvalue weighted by atomic mass is 35.5. The standard InChI is InChI=1S/C14H11ClN2O2S/c1-2-19-13(18)12-11(9-4-3-5-10(15)8-9)16-14-17(12)6-7-20-14/h3-8H,2H2,1H3. The quantitative estimate of drug-likeness (QED) is 0.689. The van der Waals surface area contributed by atoms with Gasteiger partial charge in [0.05, 0.1) is 6.61 Å². The average molecular weight is 307 g/mol. The van der Waals surface area contributed by atoms with Crippen LogP contribution in [0.2, 0.25) is 5.02 Å². The summed E-state index contributed by atoms with van der Waals surface area (Å²) in [4.78, 5) is 17.4. The Morgan fingerprint density at radius 3 is 3.10 bits per heavy atom. The molecule has 0 radical (unpaired) electrons. The van der Waals surface area contributed by atoms with Gasteiger partial charge in [0.25, 0.3) is 0 Å². The molecule has 20 heavy (non-hydrogen) atoms. The molecule has 4 nitrogen and oxygen atoms in total. The maximum Gasteiger partial charge on any atom is 0.357 e. The summed E-state index contributed by atoms with van der Waals surface area (Å²) in [5.41, 5.74) is 1.83. The second-order valence-corrected chi connectivity index (χ2v) is 5.40. The number of benzene rings is 1. The van der Waals surface area contributed by atoms with E-state index in [1.54, 1.807) is 23.5 Å². The maximum absolute atomic E-state index is 12.2. The molecule has 0 saturated carbocycles. The number of nitrogens with zero attached hydrogens (tertiary/aromatic N) is 2. The van der Waals surface area contributed by atoms with Crippen molar-refractivity contribution < 1.29 is 9.53 Å². The first-order chi connectivity index (χ1) is 9.70. The van der Waals surface area contributed by atoms with Gasteiger partial charge in [-0.25, -0.2) is 9.78 Å². The van der Waals surface area contributed by atoms with Crippen LogP contribution in [0.4, 0.5) is 0 Å². The van der Waals surface area contributed by atoms with Crippen molar-refractivity contribution in [2.75, 3.05) is 6.61 Å². The van der Waals surface area contributed by atoms with Crippen molar-refractivity contribution in [3.05, 3.63) is 46.6 Å². The average Bonchev–Trinajstić information content (AvgIpc) is 2.98. The van der Waals surface area contributed by atoms with Gasteiger partial charge in [-0.3, -0.25) is 4.40 Å². The predicted octanol–water partition coefficient (Wildman–Crippen LogP) is 3.89. The zero-order valence-corrected chi connectivity index (χ0v) is 12.2. The number of ether oxygens (including phenoxy) is 1. The van der Waals surface area contributed by atoms with E-state index in [0.29, 0.717) is 23.0 Å². The summed E-state index contributed by atoms with van der Waals surface area (Å²) in [7, 11) is 0. The van der Waals surface area contributed by atoms with Crippen LogP contribution in [0.5, 0.6) is 0 Å². The number of esters is 1. The van der Waals surface area contributed by atoms with Crippen LogP contribution in [0.3, 0.4) is 0 Å². The van der Waals surface area contributed by atoms with Gasteiger partial charge in [0.2, 0.25) is 0 Å². The van der Waals surface area contributed by atoms with E-state index in [1.807, 2.05) is 23.7 Å². The molecule has 3 rings (SSSR count). The summed E-state index contributed by atoms with van der Waals surface area (Å²) in [5.74, 6) is -0.381. The van der Waals surface area contributed by atoms with Crippen LogP contribution < -0.4 is 0 Å². The van der Waals surface area contributed by atoms with Crippen LogP contribution in [0.15, 0.2) is 35.8 Å².